The van der Waals surface area contributed by atoms with E-state index in [-0.39, 0.29) is 11.9 Å². The lowest BCUT2D eigenvalue weighted by atomic mass is 10.1. The van der Waals surface area contributed by atoms with Crippen molar-refractivity contribution in [3.05, 3.63) is 65.5 Å². The molecule has 3 heteroatoms. The molecular formula is C17H20FNO. The van der Waals surface area contributed by atoms with Crippen LogP contribution in [0, 0.1) is 12.7 Å². The van der Waals surface area contributed by atoms with Crippen LogP contribution in [0.4, 0.5) is 4.39 Å². The fourth-order valence-electron chi connectivity index (χ4n) is 2.02. The molecule has 1 unspecified atom stereocenters. The zero-order chi connectivity index (χ0) is 14.4. The molecule has 0 fully saturated rings. The van der Waals surface area contributed by atoms with Crippen LogP contribution in [0.1, 0.15) is 24.2 Å². The Hall–Kier alpha value is -1.87. The maximum absolute atomic E-state index is 13.4. The normalized spacial score (nSPS) is 12.2. The molecule has 0 radical (unpaired) electrons. The van der Waals surface area contributed by atoms with Crippen LogP contribution in [0.2, 0.25) is 0 Å². The first-order valence-corrected chi connectivity index (χ1v) is 6.89. The lowest BCUT2D eigenvalue weighted by Crippen LogP contribution is -2.25. The summed E-state index contributed by atoms with van der Waals surface area (Å²) in [5.74, 6) is 0.317. The van der Waals surface area contributed by atoms with Gasteiger partial charge in [0.2, 0.25) is 0 Å². The second-order valence-electron chi connectivity index (χ2n) is 4.73. The summed E-state index contributed by atoms with van der Waals surface area (Å²) in [6.45, 7) is 5.53. The molecule has 2 aromatic carbocycles. The first kappa shape index (κ1) is 14.5. The molecule has 0 saturated carbocycles. The number of hydrogen-bond acceptors (Lipinski definition) is 2. The van der Waals surface area contributed by atoms with Crippen molar-refractivity contribution in [1.82, 2.24) is 5.32 Å². The number of ether oxygens (including phenoxy) is 1. The van der Waals surface area contributed by atoms with Gasteiger partial charge in [0.1, 0.15) is 17.7 Å². The van der Waals surface area contributed by atoms with Gasteiger partial charge in [0.05, 0.1) is 0 Å². The van der Waals surface area contributed by atoms with Gasteiger partial charge in [-0.2, -0.15) is 0 Å². The summed E-state index contributed by atoms with van der Waals surface area (Å²) in [6.07, 6.45) is -0.128. The Morgan fingerprint density at radius 1 is 1.15 bits per heavy atom. The SMILES string of the molecule is CCNCC(Oc1cc(F)ccc1C)c1ccccc1. The number of benzene rings is 2. The maximum Gasteiger partial charge on any atom is 0.136 e. The van der Waals surface area contributed by atoms with E-state index < -0.39 is 0 Å². The number of aryl methyl sites for hydroxylation is 1. The molecular weight excluding hydrogens is 253 g/mol. The number of likely N-dealkylation sites (N-methyl/N-ethyl adjacent to an activating group) is 1. The van der Waals surface area contributed by atoms with Gasteiger partial charge in [-0.15, -0.1) is 0 Å². The zero-order valence-corrected chi connectivity index (χ0v) is 11.9. The van der Waals surface area contributed by atoms with E-state index in [1.54, 1.807) is 6.07 Å². The van der Waals surface area contributed by atoms with Crippen LogP contribution in [0.15, 0.2) is 48.5 Å². The molecule has 2 nitrogen and oxygen atoms in total. The fourth-order valence-corrected chi connectivity index (χ4v) is 2.02. The van der Waals surface area contributed by atoms with E-state index in [1.165, 1.54) is 12.1 Å². The van der Waals surface area contributed by atoms with Crippen molar-refractivity contribution in [1.29, 1.82) is 0 Å². The third-order valence-corrected chi connectivity index (χ3v) is 3.17. The molecule has 0 saturated heterocycles. The van der Waals surface area contributed by atoms with Crippen molar-refractivity contribution in [2.75, 3.05) is 13.1 Å². The minimum Gasteiger partial charge on any atom is -0.484 e. The smallest absolute Gasteiger partial charge is 0.136 e. The predicted molar refractivity (Wildman–Crippen MR) is 79.5 cm³/mol. The molecule has 0 spiro atoms. The summed E-state index contributed by atoms with van der Waals surface area (Å²) >= 11 is 0. The third kappa shape index (κ3) is 3.81. The highest BCUT2D eigenvalue weighted by Crippen LogP contribution is 2.25. The molecule has 0 aliphatic carbocycles. The average molecular weight is 273 g/mol. The maximum atomic E-state index is 13.4. The third-order valence-electron chi connectivity index (χ3n) is 3.17. The van der Waals surface area contributed by atoms with E-state index in [0.29, 0.717) is 12.3 Å². The van der Waals surface area contributed by atoms with Gasteiger partial charge in [0.15, 0.2) is 0 Å². The molecule has 1 atom stereocenters. The predicted octanol–water partition coefficient (Wildman–Crippen LogP) is 3.86. The number of rotatable bonds is 6. The van der Waals surface area contributed by atoms with E-state index in [4.69, 9.17) is 4.74 Å². The monoisotopic (exact) mass is 273 g/mol. The van der Waals surface area contributed by atoms with Gasteiger partial charge >= 0.3 is 0 Å². The second kappa shape index (κ2) is 7.06. The Balaban J connectivity index is 2.21. The molecule has 0 aliphatic rings. The molecule has 106 valence electrons. The van der Waals surface area contributed by atoms with E-state index in [9.17, 15) is 4.39 Å². The Labute approximate surface area is 119 Å². The van der Waals surface area contributed by atoms with Crippen LogP contribution in [0.3, 0.4) is 0 Å². The van der Waals surface area contributed by atoms with Crippen LogP contribution in [0.5, 0.6) is 5.75 Å². The van der Waals surface area contributed by atoms with Gasteiger partial charge in [0, 0.05) is 12.6 Å². The minimum atomic E-state index is -0.277. The standard InChI is InChI=1S/C17H20FNO/c1-3-19-12-17(14-7-5-4-6-8-14)20-16-11-15(18)10-9-13(16)2/h4-11,17,19H,3,12H2,1-2H3. The van der Waals surface area contributed by atoms with Gasteiger partial charge in [-0.1, -0.05) is 43.3 Å². The molecule has 0 aromatic heterocycles. The van der Waals surface area contributed by atoms with Gasteiger partial charge in [0.25, 0.3) is 0 Å². The first-order chi connectivity index (χ1) is 9.70. The fraction of sp³-hybridized carbons (Fsp3) is 0.294. The molecule has 0 aliphatic heterocycles. The van der Waals surface area contributed by atoms with Crippen molar-refractivity contribution in [2.24, 2.45) is 0 Å². The Kier molecular flexibility index (Phi) is 5.13. The summed E-state index contributed by atoms with van der Waals surface area (Å²) in [5, 5.41) is 3.28. The quantitative estimate of drug-likeness (QED) is 0.862. The van der Waals surface area contributed by atoms with Crippen LogP contribution in [-0.2, 0) is 0 Å². The second-order valence-corrected chi connectivity index (χ2v) is 4.73. The van der Waals surface area contributed by atoms with Gasteiger partial charge in [-0.25, -0.2) is 4.39 Å². The highest BCUT2D eigenvalue weighted by molar-refractivity contribution is 5.33. The largest absolute Gasteiger partial charge is 0.484 e. The summed E-state index contributed by atoms with van der Waals surface area (Å²) in [4.78, 5) is 0. The first-order valence-electron chi connectivity index (χ1n) is 6.89. The summed E-state index contributed by atoms with van der Waals surface area (Å²) in [7, 11) is 0. The zero-order valence-electron chi connectivity index (χ0n) is 11.9. The topological polar surface area (TPSA) is 21.3 Å². The lowest BCUT2D eigenvalue weighted by Gasteiger charge is -2.21. The molecule has 0 amide bonds. The minimum absolute atomic E-state index is 0.128. The van der Waals surface area contributed by atoms with Gasteiger partial charge in [-0.05, 0) is 30.7 Å². The summed E-state index contributed by atoms with van der Waals surface area (Å²) in [6, 6.07) is 14.6. The van der Waals surface area contributed by atoms with Crippen LogP contribution >= 0.6 is 0 Å². The Morgan fingerprint density at radius 2 is 1.90 bits per heavy atom. The van der Waals surface area contributed by atoms with Gasteiger partial charge < -0.3 is 10.1 Å². The number of nitrogens with one attached hydrogen (secondary N) is 1. The van der Waals surface area contributed by atoms with Crippen LogP contribution in [0.25, 0.3) is 0 Å². The summed E-state index contributed by atoms with van der Waals surface area (Å²) in [5.41, 5.74) is 2.01. The number of halogens is 1. The van der Waals surface area contributed by atoms with Crippen molar-refractivity contribution in [3.8, 4) is 5.75 Å². The van der Waals surface area contributed by atoms with Crippen molar-refractivity contribution in [2.45, 2.75) is 20.0 Å². The molecule has 2 aromatic rings. The number of hydrogen-bond donors (Lipinski definition) is 1. The van der Waals surface area contributed by atoms with E-state index in [1.807, 2.05) is 37.3 Å². The van der Waals surface area contributed by atoms with Crippen molar-refractivity contribution < 1.29 is 9.13 Å². The van der Waals surface area contributed by atoms with Crippen LogP contribution in [-0.4, -0.2) is 13.1 Å². The molecule has 0 heterocycles. The Morgan fingerprint density at radius 3 is 2.60 bits per heavy atom. The van der Waals surface area contributed by atoms with Gasteiger partial charge in [-0.3, -0.25) is 0 Å². The summed E-state index contributed by atoms with van der Waals surface area (Å²) < 4.78 is 19.4. The molecule has 0 bridgehead atoms. The molecule has 2 rings (SSSR count). The highest BCUT2D eigenvalue weighted by Gasteiger charge is 2.14. The average Bonchev–Trinajstić information content (AvgIpc) is 2.48. The lowest BCUT2D eigenvalue weighted by molar-refractivity contribution is 0.200. The van der Waals surface area contributed by atoms with Crippen LogP contribution < -0.4 is 10.1 Å². The van der Waals surface area contributed by atoms with Crippen molar-refractivity contribution in [3.63, 3.8) is 0 Å². The van der Waals surface area contributed by atoms with E-state index >= 15 is 0 Å². The van der Waals surface area contributed by atoms with E-state index in [0.717, 1.165) is 17.7 Å². The van der Waals surface area contributed by atoms with E-state index in [2.05, 4.69) is 12.2 Å². The molecule has 1 N–H and O–H groups in total. The van der Waals surface area contributed by atoms with Crippen molar-refractivity contribution >= 4 is 0 Å². The molecule has 20 heavy (non-hydrogen) atoms. The Bertz CT molecular complexity index is 542. The highest BCUT2D eigenvalue weighted by atomic mass is 19.1.